The first kappa shape index (κ1) is 22.5. The Labute approximate surface area is 188 Å². The van der Waals surface area contributed by atoms with Crippen molar-refractivity contribution in [3.8, 4) is 11.5 Å². The molecule has 0 aliphatic carbocycles. The molecule has 0 spiro atoms. The van der Waals surface area contributed by atoms with Crippen LogP contribution >= 0.6 is 0 Å². The van der Waals surface area contributed by atoms with Crippen LogP contribution in [0.1, 0.15) is 55.5 Å². The number of benzene rings is 1. The number of nitrogens with one attached hydrogen (secondary N) is 1. The van der Waals surface area contributed by atoms with Crippen molar-refractivity contribution >= 4 is 5.91 Å². The van der Waals surface area contributed by atoms with Gasteiger partial charge in [-0.05, 0) is 63.4 Å². The summed E-state index contributed by atoms with van der Waals surface area (Å²) in [6.07, 6.45) is 4.01. The Bertz CT molecular complexity index is 896. The van der Waals surface area contributed by atoms with E-state index in [9.17, 15) is 9.90 Å². The van der Waals surface area contributed by atoms with E-state index < -0.39 is 12.1 Å². The van der Waals surface area contributed by atoms with Crippen molar-refractivity contribution in [2.45, 2.75) is 57.6 Å². The Balaban J connectivity index is 1.34. The van der Waals surface area contributed by atoms with Crippen LogP contribution in [0, 0.1) is 6.92 Å². The van der Waals surface area contributed by atoms with Crippen LogP contribution < -0.4 is 14.8 Å². The second-order valence-corrected chi connectivity index (χ2v) is 8.47. The minimum atomic E-state index is -0.836. The first-order valence-electron chi connectivity index (χ1n) is 11.5. The number of aliphatic hydroxyl groups excluding tert-OH is 1. The molecule has 2 aliphatic heterocycles. The van der Waals surface area contributed by atoms with Crippen LogP contribution in [0.2, 0.25) is 0 Å². The Morgan fingerprint density at radius 3 is 2.72 bits per heavy atom. The molecule has 9 heteroatoms. The Morgan fingerprint density at radius 1 is 1.19 bits per heavy atom. The molecule has 1 fully saturated rings. The number of aryl methyl sites for hydroxylation is 2. The first-order chi connectivity index (χ1) is 15.6. The summed E-state index contributed by atoms with van der Waals surface area (Å²) in [5.74, 6) is 2.48. The molecule has 32 heavy (non-hydrogen) atoms. The van der Waals surface area contributed by atoms with E-state index in [0.29, 0.717) is 67.8 Å². The van der Waals surface area contributed by atoms with E-state index in [1.165, 1.54) is 0 Å². The molecule has 1 amide bonds. The number of fused-ring (bicyclic) bond motifs is 1. The lowest BCUT2D eigenvalue weighted by Crippen LogP contribution is -2.46. The fraction of sp³-hybridized carbons (Fsp3) is 0.609. The maximum absolute atomic E-state index is 12.7. The SMILES string of the molecule is Cc1noc(CCCCC(=O)N[C@H](CN2CCCC2)[C@H](O)c2ccc3c(c2)OCCO3)n1. The minimum absolute atomic E-state index is 0.0625. The van der Waals surface area contributed by atoms with E-state index in [-0.39, 0.29) is 5.91 Å². The van der Waals surface area contributed by atoms with Crippen LogP contribution in [0.3, 0.4) is 0 Å². The summed E-state index contributed by atoms with van der Waals surface area (Å²) < 4.78 is 16.4. The Hall–Kier alpha value is -2.65. The highest BCUT2D eigenvalue weighted by molar-refractivity contribution is 5.76. The highest BCUT2D eigenvalue weighted by Gasteiger charge is 2.27. The number of carbonyl (C=O) groups is 1. The first-order valence-corrected chi connectivity index (χ1v) is 11.5. The maximum Gasteiger partial charge on any atom is 0.226 e. The summed E-state index contributed by atoms with van der Waals surface area (Å²) in [7, 11) is 0. The number of hydrogen-bond acceptors (Lipinski definition) is 8. The van der Waals surface area contributed by atoms with E-state index in [4.69, 9.17) is 14.0 Å². The summed E-state index contributed by atoms with van der Waals surface area (Å²) in [5, 5.41) is 18.0. The van der Waals surface area contributed by atoms with Crippen LogP contribution in [0.4, 0.5) is 0 Å². The number of ether oxygens (including phenoxy) is 2. The highest BCUT2D eigenvalue weighted by Crippen LogP contribution is 2.33. The van der Waals surface area contributed by atoms with Gasteiger partial charge in [0.25, 0.3) is 0 Å². The molecule has 1 aromatic heterocycles. The van der Waals surface area contributed by atoms with E-state index >= 15 is 0 Å². The second kappa shape index (κ2) is 10.8. The van der Waals surface area contributed by atoms with E-state index in [0.717, 1.165) is 32.4 Å². The van der Waals surface area contributed by atoms with Crippen LogP contribution in [0.25, 0.3) is 0 Å². The van der Waals surface area contributed by atoms with Gasteiger partial charge in [-0.15, -0.1) is 0 Å². The Kier molecular flexibility index (Phi) is 7.59. The smallest absolute Gasteiger partial charge is 0.226 e. The van der Waals surface area contributed by atoms with Gasteiger partial charge in [0.15, 0.2) is 17.3 Å². The van der Waals surface area contributed by atoms with Crippen LogP contribution in [0.15, 0.2) is 22.7 Å². The zero-order valence-electron chi connectivity index (χ0n) is 18.6. The Morgan fingerprint density at radius 2 is 1.97 bits per heavy atom. The molecule has 2 aromatic rings. The van der Waals surface area contributed by atoms with Crippen LogP contribution in [0.5, 0.6) is 11.5 Å². The molecule has 0 saturated carbocycles. The molecule has 0 bridgehead atoms. The number of aromatic nitrogens is 2. The number of rotatable bonds is 10. The van der Waals surface area contributed by atoms with Crippen molar-refractivity contribution in [3.05, 3.63) is 35.5 Å². The summed E-state index contributed by atoms with van der Waals surface area (Å²) in [6.45, 7) is 5.39. The normalized spacial score (nSPS) is 17.8. The van der Waals surface area contributed by atoms with Crippen LogP contribution in [-0.2, 0) is 11.2 Å². The van der Waals surface area contributed by atoms with Gasteiger partial charge >= 0.3 is 0 Å². The van der Waals surface area contributed by atoms with Crippen molar-refractivity contribution in [1.82, 2.24) is 20.4 Å². The number of likely N-dealkylation sites (tertiary alicyclic amines) is 1. The molecule has 4 rings (SSSR count). The summed E-state index contributed by atoms with van der Waals surface area (Å²) >= 11 is 0. The predicted molar refractivity (Wildman–Crippen MR) is 117 cm³/mol. The van der Waals surface area contributed by atoms with Gasteiger partial charge in [-0.25, -0.2) is 0 Å². The number of unbranched alkanes of at least 4 members (excludes halogenated alkanes) is 1. The molecule has 2 N–H and O–H groups in total. The monoisotopic (exact) mass is 444 g/mol. The topological polar surface area (TPSA) is 110 Å². The van der Waals surface area contributed by atoms with Crippen molar-refractivity contribution in [3.63, 3.8) is 0 Å². The zero-order valence-corrected chi connectivity index (χ0v) is 18.6. The molecule has 2 aliphatic rings. The van der Waals surface area contributed by atoms with Crippen molar-refractivity contribution in [2.24, 2.45) is 0 Å². The number of amides is 1. The minimum Gasteiger partial charge on any atom is -0.486 e. The van der Waals surface area contributed by atoms with Gasteiger partial charge in [0.2, 0.25) is 11.8 Å². The van der Waals surface area contributed by atoms with Gasteiger partial charge in [-0.3, -0.25) is 4.79 Å². The number of aliphatic hydroxyl groups is 1. The average molecular weight is 445 g/mol. The lowest BCUT2D eigenvalue weighted by Gasteiger charge is -2.29. The van der Waals surface area contributed by atoms with Crippen molar-refractivity contribution in [2.75, 3.05) is 32.8 Å². The van der Waals surface area contributed by atoms with E-state index in [2.05, 4.69) is 20.4 Å². The van der Waals surface area contributed by atoms with Crippen molar-refractivity contribution in [1.29, 1.82) is 0 Å². The van der Waals surface area contributed by atoms with Crippen LogP contribution in [-0.4, -0.2) is 64.9 Å². The molecule has 0 radical (unpaired) electrons. The molecule has 1 saturated heterocycles. The fourth-order valence-corrected chi connectivity index (χ4v) is 4.23. The summed E-state index contributed by atoms with van der Waals surface area (Å²) in [5.41, 5.74) is 0.713. The third-order valence-electron chi connectivity index (χ3n) is 5.90. The van der Waals surface area contributed by atoms with Gasteiger partial charge in [0, 0.05) is 19.4 Å². The molecule has 3 heterocycles. The molecular weight excluding hydrogens is 412 g/mol. The molecule has 9 nitrogen and oxygen atoms in total. The number of carbonyl (C=O) groups excluding carboxylic acids is 1. The summed E-state index contributed by atoms with van der Waals surface area (Å²) in [4.78, 5) is 19.2. The molecule has 2 atom stereocenters. The lowest BCUT2D eigenvalue weighted by molar-refractivity contribution is -0.123. The largest absolute Gasteiger partial charge is 0.486 e. The zero-order chi connectivity index (χ0) is 22.3. The lowest BCUT2D eigenvalue weighted by atomic mass is 10.0. The van der Waals surface area contributed by atoms with Gasteiger partial charge in [0.05, 0.1) is 6.04 Å². The average Bonchev–Trinajstić information content (AvgIpc) is 3.47. The number of hydrogen-bond donors (Lipinski definition) is 2. The maximum atomic E-state index is 12.7. The standard InChI is InChI=1S/C23H32N4O5/c1-16-24-22(32-26-16)7-3-2-6-21(28)25-18(15-27-10-4-5-11-27)23(29)17-8-9-19-20(14-17)31-13-12-30-19/h8-9,14,18,23,29H,2-7,10-13,15H2,1H3,(H,25,28)/t18-,23-/m1/s1. The van der Waals surface area contributed by atoms with Gasteiger partial charge in [0.1, 0.15) is 19.3 Å². The second-order valence-electron chi connectivity index (χ2n) is 8.47. The van der Waals surface area contributed by atoms with Gasteiger partial charge in [-0.2, -0.15) is 4.98 Å². The van der Waals surface area contributed by atoms with Gasteiger partial charge in [-0.1, -0.05) is 11.2 Å². The predicted octanol–water partition coefficient (Wildman–Crippen LogP) is 2.18. The highest BCUT2D eigenvalue weighted by atomic mass is 16.6. The third-order valence-corrected chi connectivity index (χ3v) is 5.90. The summed E-state index contributed by atoms with van der Waals surface area (Å²) in [6, 6.07) is 5.07. The van der Waals surface area contributed by atoms with Crippen molar-refractivity contribution < 1.29 is 23.9 Å². The fourth-order valence-electron chi connectivity index (χ4n) is 4.23. The molecular formula is C23H32N4O5. The molecule has 174 valence electrons. The molecule has 0 unspecified atom stereocenters. The quantitative estimate of drug-likeness (QED) is 0.537. The number of nitrogens with zero attached hydrogens (tertiary/aromatic N) is 3. The van der Waals surface area contributed by atoms with Gasteiger partial charge < -0.3 is 29.3 Å². The van der Waals surface area contributed by atoms with E-state index in [1.807, 2.05) is 18.2 Å². The molecule has 1 aromatic carbocycles. The van der Waals surface area contributed by atoms with E-state index in [1.54, 1.807) is 6.92 Å². The third kappa shape index (κ3) is 5.98.